The van der Waals surface area contributed by atoms with Crippen LogP contribution in [0.25, 0.3) is 0 Å². The highest BCUT2D eigenvalue weighted by Crippen LogP contribution is 2.31. The van der Waals surface area contributed by atoms with Gasteiger partial charge in [0.15, 0.2) is 11.5 Å². The van der Waals surface area contributed by atoms with Crippen molar-refractivity contribution in [1.29, 1.82) is 0 Å². The van der Waals surface area contributed by atoms with Crippen LogP contribution in [0, 0.1) is 0 Å². The Morgan fingerprint density at radius 2 is 1.81 bits per heavy atom. The molecule has 4 nitrogen and oxygen atoms in total. The van der Waals surface area contributed by atoms with Gasteiger partial charge in [-0.1, -0.05) is 6.07 Å². The maximum Gasteiger partial charge on any atom is 0.161 e. The molecule has 0 aromatic heterocycles. The van der Waals surface area contributed by atoms with Gasteiger partial charge in [0, 0.05) is 19.6 Å². The Labute approximate surface area is 127 Å². The van der Waals surface area contributed by atoms with Crippen molar-refractivity contribution in [3.63, 3.8) is 0 Å². The first kappa shape index (κ1) is 16.1. The lowest BCUT2D eigenvalue weighted by Gasteiger charge is -2.47. The maximum atomic E-state index is 9.78. The monoisotopic (exact) mass is 293 g/mol. The Morgan fingerprint density at radius 1 is 1.19 bits per heavy atom. The molecular formula is C17H27NO3. The lowest BCUT2D eigenvalue weighted by molar-refractivity contribution is -0.182. The van der Waals surface area contributed by atoms with Crippen LogP contribution in [-0.4, -0.2) is 40.9 Å². The highest BCUT2D eigenvalue weighted by atomic mass is 16.5. The molecule has 0 saturated carbocycles. The third-order valence-corrected chi connectivity index (χ3v) is 3.49. The van der Waals surface area contributed by atoms with Gasteiger partial charge in [-0.3, -0.25) is 4.90 Å². The summed E-state index contributed by atoms with van der Waals surface area (Å²) in [6.07, 6.45) is 0. The molecule has 2 rings (SSSR count). The van der Waals surface area contributed by atoms with E-state index >= 15 is 0 Å². The number of morpholine rings is 1. The Balaban J connectivity index is 2.12. The summed E-state index contributed by atoms with van der Waals surface area (Å²) < 4.78 is 11.6. The Hall–Kier alpha value is -1.26. The van der Waals surface area contributed by atoms with E-state index in [1.165, 1.54) is 0 Å². The van der Waals surface area contributed by atoms with Crippen LogP contribution in [0.3, 0.4) is 0 Å². The number of nitrogens with zero attached hydrogens (tertiary/aromatic N) is 1. The third-order valence-electron chi connectivity index (χ3n) is 3.49. The maximum absolute atomic E-state index is 9.78. The fraction of sp³-hybridized carbons (Fsp3) is 0.647. The van der Waals surface area contributed by atoms with E-state index in [0.29, 0.717) is 12.4 Å². The van der Waals surface area contributed by atoms with E-state index in [-0.39, 0.29) is 17.0 Å². The number of hydrogen-bond donors (Lipinski definition) is 1. The summed E-state index contributed by atoms with van der Waals surface area (Å²) in [6, 6.07) is 5.58. The van der Waals surface area contributed by atoms with Crippen molar-refractivity contribution in [2.24, 2.45) is 0 Å². The molecule has 0 bridgehead atoms. The van der Waals surface area contributed by atoms with Crippen LogP contribution >= 0.6 is 0 Å². The second kappa shape index (κ2) is 5.85. The van der Waals surface area contributed by atoms with Crippen molar-refractivity contribution in [3.8, 4) is 11.5 Å². The smallest absolute Gasteiger partial charge is 0.161 e. The molecule has 1 saturated heterocycles. The molecule has 1 heterocycles. The van der Waals surface area contributed by atoms with Crippen molar-refractivity contribution in [3.05, 3.63) is 23.8 Å². The molecule has 21 heavy (non-hydrogen) atoms. The molecule has 1 aliphatic rings. The summed E-state index contributed by atoms with van der Waals surface area (Å²) in [5.41, 5.74) is 0.841. The van der Waals surface area contributed by atoms with Gasteiger partial charge < -0.3 is 14.6 Å². The molecule has 0 amide bonds. The topological polar surface area (TPSA) is 41.9 Å². The van der Waals surface area contributed by atoms with E-state index in [4.69, 9.17) is 9.47 Å². The second-order valence-corrected chi connectivity index (χ2v) is 7.00. The van der Waals surface area contributed by atoms with Gasteiger partial charge in [0.05, 0.1) is 17.8 Å². The lowest BCUT2D eigenvalue weighted by Crippen LogP contribution is -2.56. The minimum absolute atomic E-state index is 0.151. The average molecular weight is 293 g/mol. The van der Waals surface area contributed by atoms with E-state index in [9.17, 15) is 5.11 Å². The fourth-order valence-electron chi connectivity index (χ4n) is 3.24. The van der Waals surface area contributed by atoms with Gasteiger partial charge in [-0.05, 0) is 52.3 Å². The SMILES string of the molecule is CCOc1cc(CN2CC(C)(C)OC(C)(C)C2)ccc1O. The molecule has 0 unspecified atom stereocenters. The molecule has 0 atom stereocenters. The van der Waals surface area contributed by atoms with Gasteiger partial charge >= 0.3 is 0 Å². The van der Waals surface area contributed by atoms with Crippen molar-refractivity contribution >= 4 is 0 Å². The standard InChI is InChI=1S/C17H27NO3/c1-6-20-15-9-13(7-8-14(15)19)10-18-11-16(2,3)21-17(4,5)12-18/h7-9,19H,6,10-12H2,1-5H3. The zero-order chi connectivity index (χ0) is 15.7. The summed E-state index contributed by atoms with van der Waals surface area (Å²) in [7, 11) is 0. The van der Waals surface area contributed by atoms with Crippen LogP contribution in [0.2, 0.25) is 0 Å². The van der Waals surface area contributed by atoms with Gasteiger partial charge in [0.1, 0.15) is 0 Å². The van der Waals surface area contributed by atoms with Gasteiger partial charge in [-0.15, -0.1) is 0 Å². The van der Waals surface area contributed by atoms with Gasteiger partial charge in [0.2, 0.25) is 0 Å². The van der Waals surface area contributed by atoms with E-state index in [1.54, 1.807) is 6.07 Å². The molecule has 1 aliphatic heterocycles. The van der Waals surface area contributed by atoms with Crippen LogP contribution in [-0.2, 0) is 11.3 Å². The molecule has 0 spiro atoms. The summed E-state index contributed by atoms with van der Waals surface area (Å²) in [5, 5.41) is 9.78. The number of phenols is 1. The van der Waals surface area contributed by atoms with Crippen LogP contribution in [0.1, 0.15) is 40.2 Å². The zero-order valence-electron chi connectivity index (χ0n) is 13.8. The summed E-state index contributed by atoms with van der Waals surface area (Å²) >= 11 is 0. The van der Waals surface area contributed by atoms with Crippen molar-refractivity contribution in [1.82, 2.24) is 4.90 Å². The first-order valence-corrected chi connectivity index (χ1v) is 7.58. The summed E-state index contributed by atoms with van der Waals surface area (Å²) in [4.78, 5) is 2.39. The number of phenolic OH excluding ortho intramolecular Hbond substituents is 1. The van der Waals surface area contributed by atoms with Gasteiger partial charge in [-0.25, -0.2) is 0 Å². The van der Waals surface area contributed by atoms with Crippen LogP contribution in [0.15, 0.2) is 18.2 Å². The highest BCUT2D eigenvalue weighted by Gasteiger charge is 2.37. The van der Waals surface area contributed by atoms with E-state index in [2.05, 4.69) is 32.6 Å². The molecule has 1 fully saturated rings. The van der Waals surface area contributed by atoms with Crippen LogP contribution in [0.5, 0.6) is 11.5 Å². The fourth-order valence-corrected chi connectivity index (χ4v) is 3.24. The number of benzene rings is 1. The van der Waals surface area contributed by atoms with Crippen molar-refractivity contribution in [2.45, 2.75) is 52.4 Å². The summed E-state index contributed by atoms with van der Waals surface area (Å²) in [6.45, 7) is 13.6. The Morgan fingerprint density at radius 3 is 2.38 bits per heavy atom. The number of aromatic hydroxyl groups is 1. The molecule has 118 valence electrons. The predicted molar refractivity (Wildman–Crippen MR) is 83.8 cm³/mol. The minimum atomic E-state index is -0.151. The molecular weight excluding hydrogens is 266 g/mol. The average Bonchev–Trinajstić information content (AvgIpc) is 2.29. The zero-order valence-corrected chi connectivity index (χ0v) is 13.8. The van der Waals surface area contributed by atoms with Crippen LogP contribution in [0.4, 0.5) is 0 Å². The molecule has 1 aromatic rings. The predicted octanol–water partition coefficient (Wildman–Crippen LogP) is 3.18. The molecule has 4 heteroatoms. The first-order valence-electron chi connectivity index (χ1n) is 7.58. The minimum Gasteiger partial charge on any atom is -0.504 e. The molecule has 1 N–H and O–H groups in total. The molecule has 0 radical (unpaired) electrons. The van der Waals surface area contributed by atoms with E-state index < -0.39 is 0 Å². The first-order chi connectivity index (χ1) is 9.71. The summed E-state index contributed by atoms with van der Waals surface area (Å²) in [5.74, 6) is 0.755. The van der Waals surface area contributed by atoms with Gasteiger partial charge in [-0.2, -0.15) is 0 Å². The second-order valence-electron chi connectivity index (χ2n) is 7.00. The number of rotatable bonds is 4. The number of ether oxygens (including phenoxy) is 2. The lowest BCUT2D eigenvalue weighted by atomic mass is 9.98. The van der Waals surface area contributed by atoms with Crippen molar-refractivity contribution < 1.29 is 14.6 Å². The highest BCUT2D eigenvalue weighted by molar-refractivity contribution is 5.41. The molecule has 0 aliphatic carbocycles. The third kappa shape index (κ3) is 4.35. The van der Waals surface area contributed by atoms with Gasteiger partial charge in [0.25, 0.3) is 0 Å². The Kier molecular flexibility index (Phi) is 4.49. The molecule has 1 aromatic carbocycles. The van der Waals surface area contributed by atoms with Crippen molar-refractivity contribution in [2.75, 3.05) is 19.7 Å². The van der Waals surface area contributed by atoms with E-state index in [0.717, 1.165) is 25.2 Å². The largest absolute Gasteiger partial charge is 0.504 e. The quantitative estimate of drug-likeness (QED) is 0.926. The normalized spacial score (nSPS) is 21.2. The Bertz CT molecular complexity index is 481. The van der Waals surface area contributed by atoms with Crippen LogP contribution < -0.4 is 4.74 Å². The number of hydrogen-bond acceptors (Lipinski definition) is 4. The van der Waals surface area contributed by atoms with E-state index in [1.807, 2.05) is 19.1 Å².